The summed E-state index contributed by atoms with van der Waals surface area (Å²) in [4.78, 5) is 10.9. The summed E-state index contributed by atoms with van der Waals surface area (Å²) in [5.74, 6) is 0. The first-order valence-corrected chi connectivity index (χ1v) is 4.53. The lowest BCUT2D eigenvalue weighted by atomic mass is 10.2. The fraction of sp³-hybridized carbons (Fsp3) is 0.333. The van der Waals surface area contributed by atoms with Gasteiger partial charge in [-0.2, -0.15) is 0 Å². The molecule has 0 atom stereocenters. The highest BCUT2D eigenvalue weighted by molar-refractivity contribution is 5.73. The molecule has 0 fully saturated rings. The van der Waals surface area contributed by atoms with Crippen molar-refractivity contribution in [2.45, 2.75) is 13.0 Å². The maximum atomic E-state index is 11.9. The number of rotatable bonds is 4. The van der Waals surface area contributed by atoms with Crippen LogP contribution in [0.5, 0.6) is 0 Å². The maximum absolute atomic E-state index is 11.9. The largest absolute Gasteiger partial charge is 0.343 e. The van der Waals surface area contributed by atoms with Gasteiger partial charge >= 0.3 is 0 Å². The zero-order chi connectivity index (χ0) is 10.7. The Kier molecular flexibility index (Phi) is 2.86. The van der Waals surface area contributed by atoms with E-state index in [9.17, 15) is 8.78 Å². The van der Waals surface area contributed by atoms with Gasteiger partial charge in [0.2, 0.25) is 0 Å². The minimum Gasteiger partial charge on any atom is -0.343 e. The van der Waals surface area contributed by atoms with E-state index in [2.05, 4.69) is 20.3 Å². The number of pyridine rings is 1. The number of nitrogens with one attached hydrogen (secondary N) is 2. The van der Waals surface area contributed by atoms with E-state index >= 15 is 0 Å². The average Bonchev–Trinajstić information content (AvgIpc) is 2.65. The van der Waals surface area contributed by atoms with Crippen molar-refractivity contribution < 1.29 is 8.78 Å². The molecule has 2 rings (SSSR count). The molecule has 0 saturated heterocycles. The van der Waals surface area contributed by atoms with Crippen molar-refractivity contribution in [3.63, 3.8) is 0 Å². The Morgan fingerprint density at radius 3 is 3.07 bits per heavy atom. The molecule has 2 aromatic rings. The molecule has 0 aliphatic heterocycles. The summed E-state index contributed by atoms with van der Waals surface area (Å²) in [5.41, 5.74) is 2.28. The van der Waals surface area contributed by atoms with Gasteiger partial charge in [-0.1, -0.05) is 0 Å². The summed E-state index contributed by atoms with van der Waals surface area (Å²) < 4.78 is 23.8. The van der Waals surface area contributed by atoms with Crippen LogP contribution in [0.3, 0.4) is 0 Å². The lowest BCUT2D eigenvalue weighted by Gasteiger charge is -2.04. The average molecular weight is 212 g/mol. The third-order valence-electron chi connectivity index (χ3n) is 2.03. The lowest BCUT2D eigenvalue weighted by Crippen LogP contribution is -2.20. The van der Waals surface area contributed by atoms with Crippen molar-refractivity contribution in [3.8, 4) is 0 Å². The van der Waals surface area contributed by atoms with Gasteiger partial charge in [-0.3, -0.25) is 0 Å². The number of aromatic amines is 1. The first-order valence-electron chi connectivity index (χ1n) is 4.53. The molecule has 4 nitrogen and oxygen atoms in total. The molecule has 0 aliphatic carbocycles. The Balaban J connectivity index is 2.10. The zero-order valence-electron chi connectivity index (χ0n) is 7.87. The molecule has 0 aliphatic rings. The van der Waals surface area contributed by atoms with Crippen LogP contribution in [0.25, 0.3) is 11.2 Å². The molecular weight excluding hydrogens is 202 g/mol. The highest BCUT2D eigenvalue weighted by Crippen LogP contribution is 2.11. The lowest BCUT2D eigenvalue weighted by molar-refractivity contribution is 0.145. The predicted molar refractivity (Wildman–Crippen MR) is 51.6 cm³/mol. The van der Waals surface area contributed by atoms with Crippen LogP contribution >= 0.6 is 0 Å². The van der Waals surface area contributed by atoms with Crippen LogP contribution in [0.1, 0.15) is 5.56 Å². The molecule has 0 spiro atoms. The summed E-state index contributed by atoms with van der Waals surface area (Å²) in [6, 6.07) is 1.78. The molecule has 0 aromatic carbocycles. The van der Waals surface area contributed by atoms with E-state index in [1.807, 2.05) is 0 Å². The van der Waals surface area contributed by atoms with E-state index in [0.717, 1.165) is 11.1 Å². The standard InChI is InChI=1S/C9H10F2N4/c10-7(11)4-12-3-6-1-2-13-9-8(6)14-5-15-9/h1-2,5,7,12H,3-4H2,(H,13,14,15). The van der Waals surface area contributed by atoms with E-state index in [4.69, 9.17) is 0 Å². The van der Waals surface area contributed by atoms with Crippen LogP contribution < -0.4 is 5.32 Å². The molecular formula is C9H10F2N4. The first-order chi connectivity index (χ1) is 7.27. The van der Waals surface area contributed by atoms with Crippen LogP contribution in [0, 0.1) is 0 Å². The van der Waals surface area contributed by atoms with Crippen LogP contribution in [-0.4, -0.2) is 27.9 Å². The third kappa shape index (κ3) is 2.27. The Bertz CT molecular complexity index is 440. The molecule has 0 radical (unpaired) electrons. The van der Waals surface area contributed by atoms with Crippen molar-refractivity contribution in [2.24, 2.45) is 0 Å². The SMILES string of the molecule is FC(F)CNCc1ccnc2nc[nH]c12. The quantitative estimate of drug-likeness (QED) is 0.803. The summed E-state index contributed by atoms with van der Waals surface area (Å²) in [6.45, 7) is 0.0729. The smallest absolute Gasteiger partial charge is 0.250 e. The molecule has 0 unspecified atom stereocenters. The number of H-pyrrole nitrogens is 1. The highest BCUT2D eigenvalue weighted by atomic mass is 19.3. The van der Waals surface area contributed by atoms with Crippen molar-refractivity contribution in [1.82, 2.24) is 20.3 Å². The van der Waals surface area contributed by atoms with E-state index in [0.29, 0.717) is 12.2 Å². The number of nitrogens with zero attached hydrogens (tertiary/aromatic N) is 2. The van der Waals surface area contributed by atoms with E-state index in [1.54, 1.807) is 12.3 Å². The van der Waals surface area contributed by atoms with Gasteiger partial charge in [0.05, 0.1) is 18.4 Å². The van der Waals surface area contributed by atoms with Gasteiger partial charge in [-0.15, -0.1) is 0 Å². The number of hydrogen-bond acceptors (Lipinski definition) is 3. The fourth-order valence-corrected chi connectivity index (χ4v) is 1.37. The van der Waals surface area contributed by atoms with E-state index in [1.165, 1.54) is 6.33 Å². The molecule has 2 N–H and O–H groups in total. The zero-order valence-corrected chi connectivity index (χ0v) is 7.87. The number of hydrogen-bond donors (Lipinski definition) is 2. The molecule has 0 amide bonds. The Hall–Kier alpha value is -1.56. The Labute approximate surface area is 84.7 Å². The number of imidazole rings is 1. The summed E-state index contributed by atoms with van der Waals surface area (Å²) in [6.07, 6.45) is 0.820. The van der Waals surface area contributed by atoms with E-state index in [-0.39, 0.29) is 6.54 Å². The second-order valence-electron chi connectivity index (χ2n) is 3.09. The predicted octanol–water partition coefficient (Wildman–Crippen LogP) is 1.31. The number of aromatic nitrogens is 3. The van der Waals surface area contributed by atoms with Gasteiger partial charge in [0, 0.05) is 12.7 Å². The molecule has 0 bridgehead atoms. The number of halogens is 2. The van der Waals surface area contributed by atoms with Gasteiger partial charge in [-0.25, -0.2) is 18.7 Å². The fourth-order valence-electron chi connectivity index (χ4n) is 1.37. The molecule has 15 heavy (non-hydrogen) atoms. The van der Waals surface area contributed by atoms with Crippen LogP contribution in [0.2, 0.25) is 0 Å². The van der Waals surface area contributed by atoms with Gasteiger partial charge in [0.15, 0.2) is 5.65 Å². The first kappa shape index (κ1) is 9.97. The highest BCUT2D eigenvalue weighted by Gasteiger charge is 2.05. The van der Waals surface area contributed by atoms with Crippen LogP contribution in [0.4, 0.5) is 8.78 Å². The monoisotopic (exact) mass is 212 g/mol. The van der Waals surface area contributed by atoms with Gasteiger partial charge < -0.3 is 10.3 Å². The third-order valence-corrected chi connectivity index (χ3v) is 2.03. The molecule has 0 saturated carbocycles. The van der Waals surface area contributed by atoms with Gasteiger partial charge in [0.1, 0.15) is 0 Å². The molecule has 6 heteroatoms. The Morgan fingerprint density at radius 1 is 1.40 bits per heavy atom. The topological polar surface area (TPSA) is 53.6 Å². The Morgan fingerprint density at radius 2 is 2.27 bits per heavy atom. The van der Waals surface area contributed by atoms with Gasteiger partial charge in [-0.05, 0) is 11.6 Å². The second-order valence-corrected chi connectivity index (χ2v) is 3.09. The summed E-state index contributed by atoms with van der Waals surface area (Å²) >= 11 is 0. The summed E-state index contributed by atoms with van der Waals surface area (Å²) in [7, 11) is 0. The molecule has 80 valence electrons. The molecule has 2 heterocycles. The number of alkyl halides is 2. The van der Waals surface area contributed by atoms with Crippen molar-refractivity contribution >= 4 is 11.2 Å². The van der Waals surface area contributed by atoms with Crippen LogP contribution in [0.15, 0.2) is 18.6 Å². The maximum Gasteiger partial charge on any atom is 0.250 e. The van der Waals surface area contributed by atoms with Crippen molar-refractivity contribution in [1.29, 1.82) is 0 Å². The van der Waals surface area contributed by atoms with Gasteiger partial charge in [0.25, 0.3) is 6.43 Å². The summed E-state index contributed by atoms with van der Waals surface area (Å²) in [5, 5.41) is 2.66. The molecule has 2 aromatic heterocycles. The van der Waals surface area contributed by atoms with Crippen molar-refractivity contribution in [2.75, 3.05) is 6.54 Å². The normalized spacial score (nSPS) is 11.4. The number of fused-ring (bicyclic) bond motifs is 1. The van der Waals surface area contributed by atoms with Crippen molar-refractivity contribution in [3.05, 3.63) is 24.2 Å². The second kappa shape index (κ2) is 4.31. The van der Waals surface area contributed by atoms with E-state index < -0.39 is 6.43 Å². The minimum absolute atomic E-state index is 0.308. The minimum atomic E-state index is -2.33. The van der Waals surface area contributed by atoms with Crippen LogP contribution in [-0.2, 0) is 6.54 Å².